The predicted octanol–water partition coefficient (Wildman–Crippen LogP) is 2.11. The first-order valence-corrected chi connectivity index (χ1v) is 12.1. The van der Waals surface area contributed by atoms with Gasteiger partial charge in [-0.2, -0.15) is 0 Å². The van der Waals surface area contributed by atoms with E-state index in [9.17, 15) is 13.2 Å². The molecular weight excluding hydrogens is 416 g/mol. The number of nitrogens with zero attached hydrogens (tertiary/aromatic N) is 1. The average Bonchev–Trinajstić information content (AvgIpc) is 3.24. The zero-order chi connectivity index (χ0) is 22.2. The molecule has 8 nitrogen and oxygen atoms in total. The molecule has 0 aliphatic carbocycles. The Hall–Kier alpha value is -2.46. The van der Waals surface area contributed by atoms with E-state index in [4.69, 9.17) is 9.88 Å². The number of anilines is 1. The molecule has 1 aromatic heterocycles. The van der Waals surface area contributed by atoms with Crippen molar-refractivity contribution in [3.63, 3.8) is 0 Å². The number of fused-ring (bicyclic) bond motifs is 1. The van der Waals surface area contributed by atoms with Crippen molar-refractivity contribution in [1.82, 2.24) is 9.88 Å². The predicted molar refractivity (Wildman–Crippen MR) is 120 cm³/mol. The van der Waals surface area contributed by atoms with Crippen LogP contribution in [0.5, 0.6) is 0 Å². The van der Waals surface area contributed by atoms with Crippen LogP contribution in [0.2, 0.25) is 0 Å². The summed E-state index contributed by atoms with van der Waals surface area (Å²) in [6, 6.07) is 4.43. The molecule has 1 saturated heterocycles. The van der Waals surface area contributed by atoms with Gasteiger partial charge in [0.1, 0.15) is 0 Å². The average molecular weight is 445 g/mol. The molecule has 3 heterocycles. The zero-order valence-electron chi connectivity index (χ0n) is 17.8. The highest BCUT2D eigenvalue weighted by atomic mass is 32.2. The lowest BCUT2D eigenvalue weighted by molar-refractivity contribution is -0.110. The van der Waals surface area contributed by atoms with E-state index in [2.05, 4.69) is 29.0 Å². The van der Waals surface area contributed by atoms with Crippen molar-refractivity contribution in [2.45, 2.75) is 38.1 Å². The third-order valence-corrected chi connectivity index (χ3v) is 6.83. The number of amides is 1. The van der Waals surface area contributed by atoms with Crippen LogP contribution in [0, 0.1) is 0 Å². The van der Waals surface area contributed by atoms with Crippen LogP contribution in [0.25, 0.3) is 11.6 Å². The molecule has 0 unspecified atom stereocenters. The number of aromatic amines is 1. The van der Waals surface area contributed by atoms with E-state index in [0.717, 1.165) is 57.1 Å². The number of aryl methyl sites for hydroxylation is 1. The minimum Gasteiger partial charge on any atom is -0.379 e. The van der Waals surface area contributed by atoms with E-state index < -0.39 is 10.0 Å². The molecule has 31 heavy (non-hydrogen) atoms. The van der Waals surface area contributed by atoms with Gasteiger partial charge in [0.05, 0.1) is 23.7 Å². The molecule has 2 aliphatic heterocycles. The second kappa shape index (κ2) is 8.58. The van der Waals surface area contributed by atoms with Crippen LogP contribution in [-0.2, 0) is 38.9 Å². The Bertz CT molecular complexity index is 1140. The molecule has 1 aromatic carbocycles. The highest BCUT2D eigenvalue weighted by Gasteiger charge is 2.27. The number of morpholine rings is 1. The van der Waals surface area contributed by atoms with Crippen molar-refractivity contribution in [3.8, 4) is 0 Å². The van der Waals surface area contributed by atoms with Crippen molar-refractivity contribution < 1.29 is 17.9 Å². The summed E-state index contributed by atoms with van der Waals surface area (Å²) in [6.07, 6.45) is 3.50. The molecule has 0 saturated carbocycles. The second-order valence-electron chi connectivity index (χ2n) is 7.83. The Morgan fingerprint density at radius 2 is 1.90 bits per heavy atom. The number of carbonyl (C=O) groups excluding carboxylic acids is 1. The molecule has 2 aromatic rings. The van der Waals surface area contributed by atoms with Gasteiger partial charge in [-0.15, -0.1) is 0 Å². The van der Waals surface area contributed by atoms with Crippen LogP contribution >= 0.6 is 0 Å². The summed E-state index contributed by atoms with van der Waals surface area (Å²) in [6.45, 7) is 8.35. The Labute approximate surface area is 182 Å². The topological polar surface area (TPSA) is 118 Å². The first kappa shape index (κ1) is 21.8. The molecule has 2 aliphatic rings. The zero-order valence-corrected chi connectivity index (χ0v) is 18.6. The molecule has 0 radical (unpaired) electrons. The van der Waals surface area contributed by atoms with Gasteiger partial charge in [-0.1, -0.05) is 13.8 Å². The van der Waals surface area contributed by atoms with Crippen LogP contribution in [-0.4, -0.2) is 50.5 Å². The van der Waals surface area contributed by atoms with Gasteiger partial charge in [0.2, 0.25) is 10.0 Å². The summed E-state index contributed by atoms with van der Waals surface area (Å²) >= 11 is 0. The van der Waals surface area contributed by atoms with Crippen LogP contribution < -0.4 is 10.5 Å². The fourth-order valence-electron chi connectivity index (χ4n) is 4.29. The summed E-state index contributed by atoms with van der Waals surface area (Å²) in [5.41, 5.74) is 6.06. The van der Waals surface area contributed by atoms with Crippen LogP contribution in [0.4, 0.5) is 5.69 Å². The molecule has 0 spiro atoms. The number of sulfonamides is 1. The third-order valence-electron chi connectivity index (χ3n) is 5.92. The normalized spacial score (nSPS) is 18.4. The Balaban J connectivity index is 1.76. The Morgan fingerprint density at radius 3 is 2.55 bits per heavy atom. The van der Waals surface area contributed by atoms with E-state index >= 15 is 0 Å². The number of carbonyl (C=O) groups is 1. The summed E-state index contributed by atoms with van der Waals surface area (Å²) in [4.78, 5) is 18.6. The van der Waals surface area contributed by atoms with Crippen molar-refractivity contribution in [1.29, 1.82) is 0 Å². The van der Waals surface area contributed by atoms with E-state index in [-0.39, 0.29) is 10.8 Å². The maximum atomic E-state index is 12.7. The van der Waals surface area contributed by atoms with E-state index in [1.54, 1.807) is 6.07 Å². The highest BCUT2D eigenvalue weighted by molar-refractivity contribution is 7.89. The number of H-pyrrole nitrogens is 1. The number of hydrogen-bond donors (Lipinski definition) is 3. The minimum atomic E-state index is -3.86. The summed E-state index contributed by atoms with van der Waals surface area (Å²) < 4.78 is 29.0. The van der Waals surface area contributed by atoms with Crippen molar-refractivity contribution in [3.05, 3.63) is 46.3 Å². The third kappa shape index (κ3) is 4.31. The van der Waals surface area contributed by atoms with Gasteiger partial charge in [0.25, 0.3) is 5.91 Å². The largest absolute Gasteiger partial charge is 0.379 e. The van der Waals surface area contributed by atoms with Crippen LogP contribution in [0.3, 0.4) is 0 Å². The number of aromatic nitrogens is 1. The first-order valence-electron chi connectivity index (χ1n) is 10.5. The quantitative estimate of drug-likeness (QED) is 0.590. The fourth-order valence-corrected chi connectivity index (χ4v) is 4.83. The standard InChI is InChI=1S/C22H28N4O4S/c1-3-15-18(13-26-7-9-30-10-8-26)19(4-2)24-21(15)12-17-16-11-14(31(23,28)29)5-6-20(16)25-22(17)27/h5-6,11-12,24H,3-4,7-10,13H2,1-2H3,(H,25,27)(H2,23,28,29). The molecule has 1 amide bonds. The van der Waals surface area contributed by atoms with E-state index in [1.165, 1.54) is 23.3 Å². The molecule has 166 valence electrons. The first-order chi connectivity index (χ1) is 14.8. The van der Waals surface area contributed by atoms with Crippen LogP contribution in [0.1, 0.15) is 41.9 Å². The van der Waals surface area contributed by atoms with Gasteiger partial charge in [0.15, 0.2) is 0 Å². The molecule has 4 N–H and O–H groups in total. The summed E-state index contributed by atoms with van der Waals surface area (Å²) in [7, 11) is -3.86. The van der Waals surface area contributed by atoms with Gasteiger partial charge in [-0.05, 0) is 48.2 Å². The summed E-state index contributed by atoms with van der Waals surface area (Å²) in [5, 5.41) is 8.09. The lowest BCUT2D eigenvalue weighted by Gasteiger charge is -2.27. The Kier molecular flexibility index (Phi) is 6.02. The number of rotatable bonds is 6. The van der Waals surface area contributed by atoms with Crippen LogP contribution in [0.15, 0.2) is 23.1 Å². The van der Waals surface area contributed by atoms with Crippen molar-refractivity contribution in [2.75, 3.05) is 31.6 Å². The monoisotopic (exact) mass is 444 g/mol. The van der Waals surface area contributed by atoms with Gasteiger partial charge < -0.3 is 15.0 Å². The number of hydrogen-bond acceptors (Lipinski definition) is 5. The lowest BCUT2D eigenvalue weighted by Crippen LogP contribution is -2.36. The second-order valence-corrected chi connectivity index (χ2v) is 9.40. The van der Waals surface area contributed by atoms with Gasteiger partial charge in [-0.3, -0.25) is 9.69 Å². The maximum Gasteiger partial charge on any atom is 0.256 e. The number of nitrogens with one attached hydrogen (secondary N) is 2. The molecule has 9 heteroatoms. The SMILES string of the molecule is CCc1[nH]c(C=C2C(=O)Nc3ccc(S(N)(=O)=O)cc32)c(CC)c1CN1CCOCC1. The molecular formula is C22H28N4O4S. The van der Waals surface area contributed by atoms with E-state index in [1.807, 2.05) is 6.08 Å². The lowest BCUT2D eigenvalue weighted by atomic mass is 10.0. The molecule has 4 rings (SSSR count). The van der Waals surface area contributed by atoms with E-state index in [0.29, 0.717) is 16.8 Å². The van der Waals surface area contributed by atoms with Gasteiger partial charge in [-0.25, -0.2) is 13.6 Å². The maximum absolute atomic E-state index is 12.7. The van der Waals surface area contributed by atoms with Gasteiger partial charge >= 0.3 is 0 Å². The number of nitrogens with two attached hydrogens (primary N) is 1. The van der Waals surface area contributed by atoms with Crippen molar-refractivity contribution >= 4 is 33.3 Å². The smallest absolute Gasteiger partial charge is 0.256 e. The summed E-state index contributed by atoms with van der Waals surface area (Å²) in [5.74, 6) is -0.258. The highest BCUT2D eigenvalue weighted by Crippen LogP contribution is 2.36. The molecule has 0 atom stereocenters. The number of ether oxygens (including phenoxy) is 1. The molecule has 1 fully saturated rings. The number of benzene rings is 1. The van der Waals surface area contributed by atoms with Crippen molar-refractivity contribution in [2.24, 2.45) is 5.14 Å². The van der Waals surface area contributed by atoms with Gasteiger partial charge in [0, 0.05) is 42.3 Å². The fraction of sp³-hybridized carbons (Fsp3) is 0.409. The molecule has 0 bridgehead atoms. The minimum absolute atomic E-state index is 0.0156. The number of primary sulfonamides is 1. The Morgan fingerprint density at radius 1 is 1.16 bits per heavy atom.